The predicted octanol–water partition coefficient (Wildman–Crippen LogP) is 9.95. The molecule has 8 rings (SSSR count). The fourth-order valence-corrected chi connectivity index (χ4v) is 11.7. The number of aliphatic hydroxyl groups excluding tert-OH is 1. The average Bonchev–Trinajstić information content (AvgIpc) is 3.87. The molecule has 4 aromatic rings. The Balaban J connectivity index is 1.32. The topological polar surface area (TPSA) is 65.0 Å². The highest BCUT2D eigenvalue weighted by Gasteiger charge is 2.53. The zero-order chi connectivity index (χ0) is 34.6. The van der Waals surface area contributed by atoms with Crippen molar-refractivity contribution in [2.24, 2.45) is 11.8 Å². The van der Waals surface area contributed by atoms with Crippen molar-refractivity contribution >= 4 is 41.3 Å². The Kier molecular flexibility index (Phi) is 8.97. The average molecular weight is 721 g/mol. The molecule has 4 aliphatic rings. The van der Waals surface area contributed by atoms with Gasteiger partial charge < -0.3 is 19.3 Å². The van der Waals surface area contributed by atoms with Crippen molar-refractivity contribution in [3.8, 4) is 22.6 Å². The van der Waals surface area contributed by atoms with Gasteiger partial charge in [0.15, 0.2) is 11.9 Å². The van der Waals surface area contributed by atoms with Gasteiger partial charge in [0.05, 0.1) is 0 Å². The number of thioether (sulfide) groups is 2. The first-order valence-electron chi connectivity index (χ1n) is 17.1. The second-order valence-electron chi connectivity index (χ2n) is 13.7. The van der Waals surface area contributed by atoms with Crippen LogP contribution in [0.4, 0.5) is 0 Å². The molecule has 1 N–H and O–H groups in total. The molecule has 50 heavy (non-hydrogen) atoms. The van der Waals surface area contributed by atoms with Gasteiger partial charge in [-0.1, -0.05) is 73.5 Å². The Morgan fingerprint density at radius 1 is 0.780 bits per heavy atom. The number of ether oxygens (including phenoxy) is 3. The number of para-hydroxylation sites is 1. The zero-order valence-electron chi connectivity index (χ0n) is 28.3. The lowest BCUT2D eigenvalue weighted by atomic mass is 9.72. The van der Waals surface area contributed by atoms with Crippen LogP contribution in [0.5, 0.6) is 11.5 Å². The summed E-state index contributed by atoms with van der Waals surface area (Å²) in [5, 5.41) is 11.3. The quantitative estimate of drug-likeness (QED) is 0.0836. The maximum absolute atomic E-state index is 13.5. The first kappa shape index (κ1) is 33.7. The van der Waals surface area contributed by atoms with Crippen LogP contribution in [0.25, 0.3) is 11.1 Å². The lowest BCUT2D eigenvalue weighted by Gasteiger charge is -2.45. The minimum atomic E-state index is -1.12. The second kappa shape index (κ2) is 13.3. The smallest absolute Gasteiger partial charge is 0.334 e. The number of aliphatic hydroxyl groups is 1. The third-order valence-corrected chi connectivity index (χ3v) is 13.9. The van der Waals surface area contributed by atoms with Gasteiger partial charge in [-0.05, 0) is 97.0 Å². The van der Waals surface area contributed by atoms with Crippen molar-refractivity contribution in [2.45, 2.75) is 54.0 Å². The van der Waals surface area contributed by atoms with E-state index in [4.69, 9.17) is 14.2 Å². The van der Waals surface area contributed by atoms with Crippen LogP contribution in [-0.2, 0) is 25.5 Å². The summed E-state index contributed by atoms with van der Waals surface area (Å²) in [5.74, 6) is 5.01. The van der Waals surface area contributed by atoms with Crippen molar-refractivity contribution < 1.29 is 24.1 Å². The van der Waals surface area contributed by atoms with Crippen LogP contribution in [0.1, 0.15) is 48.9 Å². The molecule has 2 fully saturated rings. The molecule has 5 unspecified atom stereocenters. The number of fused-ring (bicyclic) bond motifs is 4. The number of carbonyl (C=O) groups is 1. The molecule has 2 saturated heterocycles. The summed E-state index contributed by atoms with van der Waals surface area (Å²) in [4.78, 5) is 15.8. The van der Waals surface area contributed by atoms with E-state index >= 15 is 0 Å². The van der Waals surface area contributed by atoms with E-state index in [1.807, 2.05) is 60.8 Å². The summed E-state index contributed by atoms with van der Waals surface area (Å²) in [6.07, 6.45) is 0.760. The van der Waals surface area contributed by atoms with Crippen LogP contribution >= 0.6 is 35.3 Å². The van der Waals surface area contributed by atoms with E-state index in [0.29, 0.717) is 22.6 Å². The Bertz CT molecular complexity index is 2010. The normalized spacial score (nSPS) is 25.3. The highest BCUT2D eigenvalue weighted by atomic mass is 32.2. The molecule has 5 atom stereocenters. The number of esters is 1. The molecule has 0 saturated carbocycles. The van der Waals surface area contributed by atoms with Crippen molar-refractivity contribution in [3.05, 3.63) is 131 Å². The number of carbonyl (C=O) groups excluding carboxylic acids is 1. The SMILES string of the molecule is C=C(C)C(=O)OC1(C2CCSC2)c2ccccc2Oc2ccc(-c3ccc4c(c3)C(OC(O)C(=C)C)(C3CCSC3)c3ccccc3S4)cc21. The van der Waals surface area contributed by atoms with Crippen LogP contribution in [0, 0.1) is 11.8 Å². The Hall–Kier alpha value is -3.40. The molecule has 0 amide bonds. The van der Waals surface area contributed by atoms with Crippen molar-refractivity contribution in [2.75, 3.05) is 23.0 Å². The summed E-state index contributed by atoms with van der Waals surface area (Å²) >= 11 is 5.57. The van der Waals surface area contributed by atoms with Crippen LogP contribution in [0.15, 0.2) is 119 Å². The largest absolute Gasteiger partial charge is 0.456 e. The van der Waals surface area contributed by atoms with E-state index < -0.39 is 23.5 Å². The summed E-state index contributed by atoms with van der Waals surface area (Å²) in [6, 6.07) is 29.2. The van der Waals surface area contributed by atoms with Crippen molar-refractivity contribution in [1.82, 2.24) is 0 Å². The molecule has 5 nitrogen and oxygen atoms in total. The van der Waals surface area contributed by atoms with Gasteiger partial charge in [0.1, 0.15) is 17.1 Å². The monoisotopic (exact) mass is 720 g/mol. The molecular formula is C42H40O5S3. The van der Waals surface area contributed by atoms with Gasteiger partial charge in [0.25, 0.3) is 0 Å². The van der Waals surface area contributed by atoms with E-state index in [0.717, 1.165) is 79.0 Å². The first-order chi connectivity index (χ1) is 24.2. The number of hydrogen-bond acceptors (Lipinski definition) is 8. The maximum atomic E-state index is 13.5. The molecule has 4 heterocycles. The summed E-state index contributed by atoms with van der Waals surface area (Å²) in [5.41, 5.74) is 4.87. The lowest BCUT2D eigenvalue weighted by molar-refractivity contribution is -0.174. The van der Waals surface area contributed by atoms with E-state index in [9.17, 15) is 9.90 Å². The summed E-state index contributed by atoms with van der Waals surface area (Å²) in [7, 11) is 0. The van der Waals surface area contributed by atoms with Gasteiger partial charge in [0, 0.05) is 55.2 Å². The second-order valence-corrected chi connectivity index (χ2v) is 17.1. The lowest BCUT2D eigenvalue weighted by Crippen LogP contribution is -2.44. The highest BCUT2D eigenvalue weighted by Crippen LogP contribution is 2.59. The van der Waals surface area contributed by atoms with Crippen LogP contribution < -0.4 is 4.74 Å². The Morgan fingerprint density at radius 3 is 2.06 bits per heavy atom. The van der Waals surface area contributed by atoms with E-state index in [1.54, 1.807) is 18.7 Å². The van der Waals surface area contributed by atoms with Crippen molar-refractivity contribution in [3.63, 3.8) is 0 Å². The molecule has 8 heteroatoms. The third-order valence-electron chi connectivity index (χ3n) is 10.4. The van der Waals surface area contributed by atoms with E-state index in [2.05, 4.69) is 67.8 Å². The molecule has 0 bridgehead atoms. The number of hydrogen-bond donors (Lipinski definition) is 1. The molecule has 4 aliphatic heterocycles. The van der Waals surface area contributed by atoms with Gasteiger partial charge >= 0.3 is 5.97 Å². The van der Waals surface area contributed by atoms with Crippen LogP contribution in [0.3, 0.4) is 0 Å². The van der Waals surface area contributed by atoms with Gasteiger partial charge in [-0.25, -0.2) is 4.79 Å². The fraction of sp³-hybridized carbons (Fsp3) is 0.310. The molecule has 4 aromatic carbocycles. The third kappa shape index (κ3) is 5.46. The molecule has 0 aromatic heterocycles. The zero-order valence-corrected chi connectivity index (χ0v) is 30.7. The van der Waals surface area contributed by atoms with E-state index in [-0.39, 0.29) is 11.8 Å². The predicted molar refractivity (Wildman–Crippen MR) is 204 cm³/mol. The molecular weight excluding hydrogens is 681 g/mol. The minimum Gasteiger partial charge on any atom is -0.456 e. The van der Waals surface area contributed by atoms with Gasteiger partial charge in [-0.15, -0.1) is 0 Å². The van der Waals surface area contributed by atoms with Crippen LogP contribution in [-0.4, -0.2) is 40.4 Å². The summed E-state index contributed by atoms with van der Waals surface area (Å²) in [6.45, 7) is 11.5. The van der Waals surface area contributed by atoms with Gasteiger partial charge in [-0.2, -0.15) is 23.5 Å². The summed E-state index contributed by atoms with van der Waals surface area (Å²) < 4.78 is 20.1. The van der Waals surface area contributed by atoms with E-state index in [1.165, 1.54) is 0 Å². The van der Waals surface area contributed by atoms with Crippen molar-refractivity contribution in [1.29, 1.82) is 0 Å². The Morgan fingerprint density at radius 2 is 1.38 bits per heavy atom. The maximum Gasteiger partial charge on any atom is 0.334 e. The fourth-order valence-electron chi connectivity index (χ4n) is 7.95. The molecule has 256 valence electrons. The first-order valence-corrected chi connectivity index (χ1v) is 20.2. The molecule has 0 spiro atoms. The minimum absolute atomic E-state index is 0.0517. The number of benzene rings is 4. The van der Waals surface area contributed by atoms with Gasteiger partial charge in [-0.3, -0.25) is 0 Å². The number of rotatable bonds is 8. The Labute approximate surface area is 306 Å². The standard InChI is InChI=1S/C42H40O5S3/c1-25(2)39(43)46-41(29-17-19-48-23-29)31-9-5-7-11-35(31)45-36-15-13-27(21-33(36)41)28-14-16-38-34(22-28)42(30-18-20-49-24-30,47-40(44)26(3)4)32-10-6-8-12-37(32)50-38/h5-16,21-22,29-30,40,44H,1,3,17-20,23-24H2,2,4H3. The molecule has 0 radical (unpaired) electrons. The molecule has 0 aliphatic carbocycles. The van der Waals surface area contributed by atoms with Gasteiger partial charge in [0.2, 0.25) is 0 Å². The van der Waals surface area contributed by atoms with Crippen LogP contribution in [0.2, 0.25) is 0 Å². The highest BCUT2D eigenvalue weighted by molar-refractivity contribution is 8.00.